The van der Waals surface area contributed by atoms with E-state index < -0.39 is 0 Å². The molecule has 32 heavy (non-hydrogen) atoms. The third kappa shape index (κ3) is 4.50. The molecule has 0 aliphatic rings. The van der Waals surface area contributed by atoms with Gasteiger partial charge in [-0.2, -0.15) is 0 Å². The van der Waals surface area contributed by atoms with Crippen LogP contribution in [0.25, 0.3) is 0 Å². The van der Waals surface area contributed by atoms with E-state index in [1.165, 1.54) is 11.1 Å². The SMILES string of the molecule is C=CCc1cc(C(C)(C)c2cccc(C(C)(C)c3ccc(O)c(CC=C)c3)c2)ccc1O. The standard InChI is InChI=1S/C30H34O2/c1-7-10-21-18-25(14-16-27(21)31)29(3,4)23-12-9-13-24(20-23)30(5,6)26-15-17-28(32)22(19-26)11-8-2/h7-9,12-20,31-32H,1-2,10-11H2,3-6H3. The van der Waals surface area contributed by atoms with E-state index in [4.69, 9.17) is 0 Å². The molecule has 2 nitrogen and oxygen atoms in total. The number of phenolic OH excluding ortho intramolecular Hbond substituents is 2. The summed E-state index contributed by atoms with van der Waals surface area (Å²) in [5.74, 6) is 0.615. The Bertz CT molecular complexity index is 1050. The van der Waals surface area contributed by atoms with Gasteiger partial charge in [0.25, 0.3) is 0 Å². The molecule has 3 aromatic carbocycles. The number of aromatic hydroxyl groups is 2. The van der Waals surface area contributed by atoms with Crippen molar-refractivity contribution in [2.75, 3.05) is 0 Å². The second-order valence-corrected chi connectivity index (χ2v) is 9.50. The van der Waals surface area contributed by atoms with Crippen molar-refractivity contribution in [1.29, 1.82) is 0 Å². The molecule has 0 saturated heterocycles. The van der Waals surface area contributed by atoms with E-state index in [0.717, 1.165) is 22.3 Å². The first-order valence-electron chi connectivity index (χ1n) is 11.1. The zero-order valence-corrected chi connectivity index (χ0v) is 19.7. The van der Waals surface area contributed by atoms with E-state index in [2.05, 4.69) is 77.3 Å². The Labute approximate surface area is 192 Å². The highest BCUT2D eigenvalue weighted by Crippen LogP contribution is 2.39. The van der Waals surface area contributed by atoms with Crippen molar-refractivity contribution in [1.82, 2.24) is 0 Å². The molecular weight excluding hydrogens is 392 g/mol. The molecule has 0 aliphatic carbocycles. The van der Waals surface area contributed by atoms with Crippen LogP contribution in [0.1, 0.15) is 61.1 Å². The van der Waals surface area contributed by atoms with Crippen molar-refractivity contribution in [3.8, 4) is 11.5 Å². The van der Waals surface area contributed by atoms with Gasteiger partial charge in [-0.3, -0.25) is 0 Å². The van der Waals surface area contributed by atoms with Crippen LogP contribution in [0.2, 0.25) is 0 Å². The predicted octanol–water partition coefficient (Wildman–Crippen LogP) is 7.21. The quantitative estimate of drug-likeness (QED) is 0.374. The Kier molecular flexibility index (Phi) is 6.64. The van der Waals surface area contributed by atoms with E-state index in [9.17, 15) is 10.2 Å². The molecule has 0 aromatic heterocycles. The van der Waals surface area contributed by atoms with Gasteiger partial charge < -0.3 is 10.2 Å². The second-order valence-electron chi connectivity index (χ2n) is 9.50. The molecule has 2 heteroatoms. The van der Waals surface area contributed by atoms with Gasteiger partial charge >= 0.3 is 0 Å². The summed E-state index contributed by atoms with van der Waals surface area (Å²) in [5.41, 5.74) is 6.03. The maximum atomic E-state index is 10.2. The molecule has 0 heterocycles. The smallest absolute Gasteiger partial charge is 0.119 e. The largest absolute Gasteiger partial charge is 0.508 e. The fourth-order valence-corrected chi connectivity index (χ4v) is 4.22. The second kappa shape index (κ2) is 9.08. The third-order valence-electron chi connectivity index (χ3n) is 6.64. The molecule has 0 atom stereocenters. The number of hydrogen-bond acceptors (Lipinski definition) is 2. The fourth-order valence-electron chi connectivity index (χ4n) is 4.22. The summed E-state index contributed by atoms with van der Waals surface area (Å²) in [7, 11) is 0. The van der Waals surface area contributed by atoms with Crippen LogP contribution in [0.5, 0.6) is 11.5 Å². The van der Waals surface area contributed by atoms with E-state index in [0.29, 0.717) is 24.3 Å². The van der Waals surface area contributed by atoms with E-state index in [1.807, 2.05) is 24.3 Å². The zero-order valence-electron chi connectivity index (χ0n) is 19.7. The van der Waals surface area contributed by atoms with Crippen LogP contribution in [0.4, 0.5) is 0 Å². The summed E-state index contributed by atoms with van der Waals surface area (Å²) in [6, 6.07) is 20.4. The Balaban J connectivity index is 2.04. The van der Waals surface area contributed by atoms with Gasteiger partial charge in [0.1, 0.15) is 11.5 Å². The first-order valence-corrected chi connectivity index (χ1v) is 11.1. The van der Waals surface area contributed by atoms with E-state index in [1.54, 1.807) is 12.1 Å². The van der Waals surface area contributed by atoms with Crippen molar-refractivity contribution in [2.45, 2.75) is 51.4 Å². The maximum Gasteiger partial charge on any atom is 0.119 e. The summed E-state index contributed by atoms with van der Waals surface area (Å²) >= 11 is 0. The van der Waals surface area contributed by atoms with Crippen molar-refractivity contribution in [3.05, 3.63) is 119 Å². The van der Waals surface area contributed by atoms with Crippen LogP contribution in [0.3, 0.4) is 0 Å². The molecule has 0 bridgehead atoms. The molecule has 3 aromatic rings. The van der Waals surface area contributed by atoms with Gasteiger partial charge in [-0.1, -0.05) is 88.4 Å². The lowest BCUT2D eigenvalue weighted by Crippen LogP contribution is -2.23. The number of rotatable bonds is 8. The van der Waals surface area contributed by atoms with E-state index >= 15 is 0 Å². The lowest BCUT2D eigenvalue weighted by atomic mass is 9.73. The van der Waals surface area contributed by atoms with Gasteiger partial charge in [0.2, 0.25) is 0 Å². The number of benzene rings is 3. The highest BCUT2D eigenvalue weighted by Gasteiger charge is 2.28. The van der Waals surface area contributed by atoms with Crippen LogP contribution in [0, 0.1) is 0 Å². The molecule has 0 aliphatic heterocycles. The average Bonchev–Trinajstić information content (AvgIpc) is 2.77. The highest BCUT2D eigenvalue weighted by atomic mass is 16.3. The van der Waals surface area contributed by atoms with Crippen molar-refractivity contribution in [3.63, 3.8) is 0 Å². The van der Waals surface area contributed by atoms with Gasteiger partial charge in [0.15, 0.2) is 0 Å². The third-order valence-corrected chi connectivity index (χ3v) is 6.64. The monoisotopic (exact) mass is 426 g/mol. The number of hydrogen-bond donors (Lipinski definition) is 2. The predicted molar refractivity (Wildman–Crippen MR) is 135 cm³/mol. The van der Waals surface area contributed by atoms with Gasteiger partial charge in [0, 0.05) is 10.8 Å². The van der Waals surface area contributed by atoms with Gasteiger partial charge in [-0.05, 0) is 58.4 Å². The molecule has 3 rings (SSSR count). The minimum Gasteiger partial charge on any atom is -0.508 e. The van der Waals surface area contributed by atoms with Crippen LogP contribution in [-0.4, -0.2) is 10.2 Å². The highest BCUT2D eigenvalue weighted by molar-refractivity contribution is 5.49. The lowest BCUT2D eigenvalue weighted by Gasteiger charge is -2.31. The molecule has 0 saturated carbocycles. The van der Waals surface area contributed by atoms with Crippen molar-refractivity contribution in [2.24, 2.45) is 0 Å². The summed E-state index contributed by atoms with van der Waals surface area (Å²) < 4.78 is 0. The van der Waals surface area contributed by atoms with Crippen LogP contribution in [0.15, 0.2) is 86.0 Å². The molecule has 2 N–H and O–H groups in total. The Hall–Kier alpha value is -3.26. The average molecular weight is 427 g/mol. The van der Waals surface area contributed by atoms with Crippen molar-refractivity contribution < 1.29 is 10.2 Å². The van der Waals surface area contributed by atoms with E-state index in [-0.39, 0.29) is 10.8 Å². The molecular formula is C30H34O2. The lowest BCUT2D eigenvalue weighted by molar-refractivity contribution is 0.468. The topological polar surface area (TPSA) is 40.5 Å². The fraction of sp³-hybridized carbons (Fsp3) is 0.267. The van der Waals surface area contributed by atoms with Gasteiger partial charge in [0.05, 0.1) is 0 Å². The zero-order chi connectivity index (χ0) is 23.5. The Morgan fingerprint density at radius 3 is 1.38 bits per heavy atom. The number of phenols is 2. The first-order chi connectivity index (χ1) is 15.1. The van der Waals surface area contributed by atoms with Gasteiger partial charge in [-0.15, -0.1) is 13.2 Å². The van der Waals surface area contributed by atoms with Crippen LogP contribution < -0.4 is 0 Å². The first kappa shape index (κ1) is 23.4. The maximum absolute atomic E-state index is 10.2. The molecule has 0 fully saturated rings. The normalized spacial score (nSPS) is 11.9. The summed E-state index contributed by atoms with van der Waals surface area (Å²) in [4.78, 5) is 0. The molecule has 0 radical (unpaired) electrons. The Morgan fingerprint density at radius 1 is 0.625 bits per heavy atom. The molecule has 0 unspecified atom stereocenters. The minimum atomic E-state index is -0.237. The number of allylic oxidation sites excluding steroid dienone is 2. The molecule has 0 spiro atoms. The Morgan fingerprint density at radius 2 is 1.00 bits per heavy atom. The summed E-state index contributed by atoms with van der Waals surface area (Å²) in [6.07, 6.45) is 4.90. The molecule has 166 valence electrons. The van der Waals surface area contributed by atoms with Gasteiger partial charge in [-0.25, -0.2) is 0 Å². The molecule has 0 amide bonds. The summed E-state index contributed by atoms with van der Waals surface area (Å²) in [5, 5.41) is 20.4. The van der Waals surface area contributed by atoms with Crippen LogP contribution >= 0.6 is 0 Å². The summed E-state index contributed by atoms with van der Waals surface area (Å²) in [6.45, 7) is 16.5. The van der Waals surface area contributed by atoms with Crippen LogP contribution in [-0.2, 0) is 23.7 Å². The minimum absolute atomic E-state index is 0.237. The van der Waals surface area contributed by atoms with Crippen molar-refractivity contribution >= 4 is 0 Å².